The van der Waals surface area contributed by atoms with Crippen molar-refractivity contribution in [1.29, 1.82) is 0 Å². The van der Waals surface area contributed by atoms with Crippen molar-refractivity contribution < 1.29 is 9.18 Å². The number of likely N-dealkylation sites (N-methyl/N-ethyl adjacent to an activating group) is 1. The summed E-state index contributed by atoms with van der Waals surface area (Å²) in [6, 6.07) is 2.88. The van der Waals surface area contributed by atoms with Crippen LogP contribution < -0.4 is 10.6 Å². The molecule has 0 radical (unpaired) electrons. The van der Waals surface area contributed by atoms with Crippen LogP contribution in [0.2, 0.25) is 0 Å². The molecule has 0 aliphatic rings. The number of aliphatic imine (C=N–C) groups is 1. The van der Waals surface area contributed by atoms with Crippen molar-refractivity contribution >= 4 is 23.6 Å². The van der Waals surface area contributed by atoms with Gasteiger partial charge in [0.15, 0.2) is 5.96 Å². The van der Waals surface area contributed by atoms with E-state index in [-0.39, 0.29) is 30.5 Å². The molecule has 1 aromatic rings. The fourth-order valence-electron chi connectivity index (χ4n) is 1.45. The molecule has 0 atom stereocenters. The Kier molecular flexibility index (Phi) is 8.27. The second kappa shape index (κ2) is 9.99. The third-order valence-corrected chi connectivity index (χ3v) is 3.34. The molecule has 0 aliphatic heterocycles. The number of carbonyl (C=O) groups excluding carboxylic acids is 1. The Morgan fingerprint density at radius 2 is 2.23 bits per heavy atom. The largest absolute Gasteiger partial charge is 0.356 e. The van der Waals surface area contributed by atoms with Gasteiger partial charge < -0.3 is 15.5 Å². The lowest BCUT2D eigenvalue weighted by Gasteiger charge is -2.14. The molecule has 122 valence electrons. The zero-order valence-electron chi connectivity index (χ0n) is 13.1. The van der Waals surface area contributed by atoms with Gasteiger partial charge in [0.1, 0.15) is 5.82 Å². The van der Waals surface area contributed by atoms with Crippen LogP contribution in [0.25, 0.3) is 0 Å². The Labute approximate surface area is 134 Å². The molecular weight excluding hydrogens is 305 g/mol. The second-order valence-electron chi connectivity index (χ2n) is 4.66. The normalized spacial score (nSPS) is 11.2. The van der Waals surface area contributed by atoms with E-state index in [1.165, 1.54) is 23.2 Å². The maximum atomic E-state index is 13.5. The highest BCUT2D eigenvalue weighted by atomic mass is 32.2. The number of thioether (sulfide) groups is 1. The summed E-state index contributed by atoms with van der Waals surface area (Å²) in [5.74, 6) is 0.914. The lowest BCUT2D eigenvalue weighted by molar-refractivity contribution is -0.127. The second-order valence-corrected chi connectivity index (χ2v) is 5.64. The van der Waals surface area contributed by atoms with Crippen molar-refractivity contribution in [2.75, 3.05) is 39.2 Å². The Hall–Kier alpha value is -1.83. The highest BCUT2D eigenvalue weighted by Crippen LogP contribution is 2.03. The number of nitrogens with one attached hydrogen (secondary N) is 2. The summed E-state index contributed by atoms with van der Waals surface area (Å²) < 4.78 is 13.5. The van der Waals surface area contributed by atoms with E-state index in [1.54, 1.807) is 25.9 Å². The standard InChI is InChI=1S/C14H22FN5OS/c1-20(2)13(21)10-19-14(17-7-8-22-3)18-9-12-11(15)5-4-6-16-12/h4-6H,7-10H2,1-3H3,(H2,17,18,19). The minimum absolute atomic E-state index is 0.0663. The molecule has 22 heavy (non-hydrogen) atoms. The maximum Gasteiger partial charge on any atom is 0.241 e. The minimum atomic E-state index is -0.390. The van der Waals surface area contributed by atoms with Crippen LogP contribution in [0.1, 0.15) is 5.69 Å². The molecule has 2 N–H and O–H groups in total. The van der Waals surface area contributed by atoms with Gasteiger partial charge in [-0.1, -0.05) is 0 Å². The van der Waals surface area contributed by atoms with Crippen molar-refractivity contribution in [3.05, 3.63) is 29.8 Å². The number of guanidine groups is 1. The highest BCUT2D eigenvalue weighted by molar-refractivity contribution is 7.98. The number of rotatable bonds is 7. The molecule has 1 amide bonds. The number of amides is 1. The van der Waals surface area contributed by atoms with Gasteiger partial charge in [0, 0.05) is 32.6 Å². The van der Waals surface area contributed by atoms with E-state index < -0.39 is 0 Å². The van der Waals surface area contributed by atoms with Crippen molar-refractivity contribution in [3.63, 3.8) is 0 Å². The summed E-state index contributed by atoms with van der Waals surface area (Å²) in [4.78, 5) is 21.3. The fourth-order valence-corrected chi connectivity index (χ4v) is 1.76. The van der Waals surface area contributed by atoms with E-state index >= 15 is 0 Å². The van der Waals surface area contributed by atoms with E-state index in [0.29, 0.717) is 12.5 Å². The summed E-state index contributed by atoms with van der Waals surface area (Å²) >= 11 is 1.70. The molecule has 1 rings (SSSR count). The third kappa shape index (κ3) is 6.75. The quantitative estimate of drug-likeness (QED) is 0.438. The van der Waals surface area contributed by atoms with Crippen LogP contribution in [0, 0.1) is 5.82 Å². The average molecular weight is 327 g/mol. The SMILES string of the molecule is CSCCNC(=NCc1ncccc1F)NCC(=O)N(C)C. The molecule has 1 aromatic heterocycles. The Morgan fingerprint density at radius 1 is 1.45 bits per heavy atom. The van der Waals surface area contributed by atoms with Gasteiger partial charge in [0.2, 0.25) is 5.91 Å². The maximum absolute atomic E-state index is 13.5. The van der Waals surface area contributed by atoms with Crippen molar-refractivity contribution in [1.82, 2.24) is 20.5 Å². The minimum Gasteiger partial charge on any atom is -0.356 e. The first kappa shape index (κ1) is 18.2. The molecule has 0 saturated carbocycles. The van der Waals surface area contributed by atoms with Gasteiger partial charge in [-0.15, -0.1) is 0 Å². The van der Waals surface area contributed by atoms with Gasteiger partial charge in [-0.3, -0.25) is 9.78 Å². The number of halogens is 1. The predicted molar refractivity (Wildman–Crippen MR) is 88.4 cm³/mol. The van der Waals surface area contributed by atoms with Crippen LogP contribution in [0.3, 0.4) is 0 Å². The van der Waals surface area contributed by atoms with Crippen LogP contribution in [-0.2, 0) is 11.3 Å². The first-order valence-corrected chi connectivity index (χ1v) is 8.24. The topological polar surface area (TPSA) is 69.6 Å². The van der Waals surface area contributed by atoms with Gasteiger partial charge in [-0.2, -0.15) is 11.8 Å². The molecule has 0 bridgehead atoms. The Morgan fingerprint density at radius 3 is 2.86 bits per heavy atom. The highest BCUT2D eigenvalue weighted by Gasteiger charge is 2.07. The molecule has 0 aromatic carbocycles. The van der Waals surface area contributed by atoms with Gasteiger partial charge in [-0.05, 0) is 18.4 Å². The first-order valence-electron chi connectivity index (χ1n) is 6.85. The number of aromatic nitrogens is 1. The number of nitrogens with zero attached hydrogens (tertiary/aromatic N) is 3. The zero-order chi connectivity index (χ0) is 16.4. The van der Waals surface area contributed by atoms with E-state index in [9.17, 15) is 9.18 Å². The van der Waals surface area contributed by atoms with Crippen LogP contribution in [0.4, 0.5) is 4.39 Å². The van der Waals surface area contributed by atoms with Crippen LogP contribution in [0.5, 0.6) is 0 Å². The monoisotopic (exact) mass is 327 g/mol. The lowest BCUT2D eigenvalue weighted by Crippen LogP contribution is -2.43. The van der Waals surface area contributed by atoms with Crippen molar-refractivity contribution in [3.8, 4) is 0 Å². The number of carbonyl (C=O) groups is 1. The summed E-state index contributed by atoms with van der Waals surface area (Å²) in [5.41, 5.74) is 0.271. The van der Waals surface area contributed by atoms with E-state index in [2.05, 4.69) is 20.6 Å². The van der Waals surface area contributed by atoms with Crippen LogP contribution in [0.15, 0.2) is 23.3 Å². The zero-order valence-corrected chi connectivity index (χ0v) is 13.9. The smallest absolute Gasteiger partial charge is 0.241 e. The predicted octanol–water partition coefficient (Wildman–Crippen LogP) is 0.707. The van der Waals surface area contributed by atoms with Gasteiger partial charge in [0.25, 0.3) is 0 Å². The molecule has 8 heteroatoms. The van der Waals surface area contributed by atoms with Gasteiger partial charge >= 0.3 is 0 Å². The number of pyridine rings is 1. The van der Waals surface area contributed by atoms with Crippen LogP contribution in [-0.4, -0.2) is 60.9 Å². The van der Waals surface area contributed by atoms with Gasteiger partial charge in [-0.25, -0.2) is 9.38 Å². The fraction of sp³-hybridized carbons (Fsp3) is 0.500. The van der Waals surface area contributed by atoms with Gasteiger partial charge in [0.05, 0.1) is 18.8 Å². The summed E-state index contributed by atoms with van der Waals surface area (Å²) in [5, 5.41) is 6.04. The molecule has 6 nitrogen and oxygen atoms in total. The van der Waals surface area contributed by atoms with E-state index in [4.69, 9.17) is 0 Å². The lowest BCUT2D eigenvalue weighted by atomic mass is 10.3. The summed E-state index contributed by atoms with van der Waals surface area (Å²) in [6.07, 6.45) is 3.53. The third-order valence-electron chi connectivity index (χ3n) is 2.73. The summed E-state index contributed by atoms with van der Waals surface area (Å²) in [6.45, 7) is 0.939. The Balaban J connectivity index is 2.65. The van der Waals surface area contributed by atoms with E-state index in [0.717, 1.165) is 5.75 Å². The van der Waals surface area contributed by atoms with E-state index in [1.807, 2.05) is 6.26 Å². The summed E-state index contributed by atoms with van der Waals surface area (Å²) in [7, 11) is 3.37. The number of hydrogen-bond acceptors (Lipinski definition) is 4. The molecule has 1 heterocycles. The number of hydrogen-bond donors (Lipinski definition) is 2. The van der Waals surface area contributed by atoms with Crippen molar-refractivity contribution in [2.45, 2.75) is 6.54 Å². The molecule has 0 aliphatic carbocycles. The van der Waals surface area contributed by atoms with Crippen LogP contribution >= 0.6 is 11.8 Å². The molecule has 0 fully saturated rings. The van der Waals surface area contributed by atoms with Crippen molar-refractivity contribution in [2.24, 2.45) is 4.99 Å². The molecular formula is C14H22FN5OS. The molecule has 0 unspecified atom stereocenters. The Bertz CT molecular complexity index is 510. The first-order chi connectivity index (χ1) is 10.5. The average Bonchev–Trinajstić information content (AvgIpc) is 2.50. The molecule has 0 spiro atoms. The molecule has 0 saturated heterocycles.